The van der Waals surface area contributed by atoms with Gasteiger partial charge in [-0.2, -0.15) is 0 Å². The summed E-state index contributed by atoms with van der Waals surface area (Å²) < 4.78 is 0. The van der Waals surface area contributed by atoms with Crippen LogP contribution in [-0.2, 0) is 4.79 Å². The average Bonchev–Trinajstić information content (AvgIpc) is 2.45. The monoisotopic (exact) mass is 326 g/mol. The summed E-state index contributed by atoms with van der Waals surface area (Å²) in [5.74, 6) is 3.72. The third kappa shape index (κ3) is 2.69. The number of hydrogen-bond donors (Lipinski definition) is 1. The van der Waals surface area contributed by atoms with E-state index >= 15 is 0 Å². The lowest BCUT2D eigenvalue weighted by atomic mass is 9.49. The minimum absolute atomic E-state index is 0. The van der Waals surface area contributed by atoms with Gasteiger partial charge >= 0.3 is 0 Å². The summed E-state index contributed by atoms with van der Waals surface area (Å²) in [4.78, 5) is 15.4. The highest BCUT2D eigenvalue weighted by Crippen LogP contribution is 2.60. The number of nitrogens with zero attached hydrogens (tertiary/aromatic N) is 1. The minimum atomic E-state index is 0. The molecule has 1 saturated heterocycles. The summed E-state index contributed by atoms with van der Waals surface area (Å²) in [5.41, 5.74) is 6.08. The Morgan fingerprint density at radius 3 is 1.91 bits per heavy atom. The van der Waals surface area contributed by atoms with Gasteiger partial charge in [0.2, 0.25) is 5.91 Å². The first-order valence-corrected chi connectivity index (χ1v) is 9.11. The molecule has 0 aromatic heterocycles. The van der Waals surface area contributed by atoms with E-state index in [0.29, 0.717) is 11.8 Å². The van der Waals surface area contributed by atoms with Gasteiger partial charge in [0.05, 0.1) is 5.41 Å². The molecule has 0 aromatic carbocycles. The van der Waals surface area contributed by atoms with Crippen molar-refractivity contribution in [3.63, 3.8) is 0 Å². The molecule has 1 amide bonds. The Morgan fingerprint density at radius 1 is 1.05 bits per heavy atom. The molecule has 4 saturated carbocycles. The second-order valence-electron chi connectivity index (χ2n) is 8.69. The van der Waals surface area contributed by atoms with Gasteiger partial charge in [-0.15, -0.1) is 12.4 Å². The predicted octanol–water partition coefficient (Wildman–Crippen LogP) is 3.21. The maximum atomic E-state index is 13.2. The first-order chi connectivity index (χ1) is 10.1. The highest BCUT2D eigenvalue weighted by atomic mass is 35.5. The van der Waals surface area contributed by atoms with Crippen LogP contribution in [0.1, 0.15) is 58.3 Å². The topological polar surface area (TPSA) is 46.3 Å². The zero-order valence-electron chi connectivity index (χ0n) is 13.8. The van der Waals surface area contributed by atoms with Crippen molar-refractivity contribution in [2.75, 3.05) is 13.1 Å². The lowest BCUT2D eigenvalue weighted by Crippen LogP contribution is -2.56. The number of halogens is 1. The predicted molar refractivity (Wildman–Crippen MR) is 90.8 cm³/mol. The lowest BCUT2D eigenvalue weighted by molar-refractivity contribution is -0.159. The van der Waals surface area contributed by atoms with E-state index in [4.69, 9.17) is 5.73 Å². The Bertz CT molecular complexity index is 394. The molecule has 0 spiro atoms. The van der Waals surface area contributed by atoms with Crippen molar-refractivity contribution in [2.45, 2.75) is 64.3 Å². The average molecular weight is 327 g/mol. The van der Waals surface area contributed by atoms with Crippen molar-refractivity contribution < 1.29 is 4.79 Å². The fourth-order valence-electron chi connectivity index (χ4n) is 6.34. The zero-order valence-corrected chi connectivity index (χ0v) is 14.6. The molecule has 2 N–H and O–H groups in total. The smallest absolute Gasteiger partial charge is 0.228 e. The van der Waals surface area contributed by atoms with E-state index in [1.807, 2.05) is 0 Å². The van der Waals surface area contributed by atoms with Crippen molar-refractivity contribution in [1.29, 1.82) is 0 Å². The molecule has 1 aliphatic heterocycles. The van der Waals surface area contributed by atoms with Crippen LogP contribution in [0.15, 0.2) is 0 Å². The Labute approximate surface area is 140 Å². The molecule has 126 valence electrons. The van der Waals surface area contributed by atoms with E-state index in [1.54, 1.807) is 0 Å². The molecule has 5 fully saturated rings. The van der Waals surface area contributed by atoms with Crippen molar-refractivity contribution in [1.82, 2.24) is 4.90 Å². The summed E-state index contributed by atoms with van der Waals surface area (Å²) in [6.07, 6.45) is 10.1. The fraction of sp³-hybridized carbons (Fsp3) is 0.944. The van der Waals surface area contributed by atoms with Crippen molar-refractivity contribution in [3.05, 3.63) is 0 Å². The van der Waals surface area contributed by atoms with E-state index in [9.17, 15) is 4.79 Å². The van der Waals surface area contributed by atoms with Crippen LogP contribution >= 0.6 is 12.4 Å². The molecule has 0 radical (unpaired) electrons. The van der Waals surface area contributed by atoms with Crippen LogP contribution in [0.5, 0.6) is 0 Å². The second kappa shape index (κ2) is 5.98. The van der Waals surface area contributed by atoms with E-state index in [2.05, 4.69) is 11.8 Å². The van der Waals surface area contributed by atoms with E-state index in [1.165, 1.54) is 38.5 Å². The van der Waals surface area contributed by atoms with Gasteiger partial charge in [0, 0.05) is 19.1 Å². The van der Waals surface area contributed by atoms with Crippen molar-refractivity contribution in [3.8, 4) is 0 Å². The van der Waals surface area contributed by atoms with E-state index in [0.717, 1.165) is 43.7 Å². The Balaban J connectivity index is 0.00000144. The number of amides is 1. The lowest BCUT2D eigenvalue weighted by Gasteiger charge is -2.57. The molecule has 5 rings (SSSR count). The van der Waals surface area contributed by atoms with Crippen LogP contribution < -0.4 is 5.73 Å². The molecular formula is C18H31ClN2O. The number of rotatable bonds is 2. The molecule has 5 aliphatic rings. The second-order valence-corrected chi connectivity index (χ2v) is 8.69. The van der Waals surface area contributed by atoms with Gasteiger partial charge in [0.15, 0.2) is 0 Å². The van der Waals surface area contributed by atoms with Crippen LogP contribution in [0, 0.1) is 29.1 Å². The Hall–Kier alpha value is -0.280. The van der Waals surface area contributed by atoms with E-state index in [-0.39, 0.29) is 23.9 Å². The third-order valence-electron chi connectivity index (χ3n) is 7.06. The molecule has 3 nitrogen and oxygen atoms in total. The van der Waals surface area contributed by atoms with Gasteiger partial charge in [0.25, 0.3) is 0 Å². The van der Waals surface area contributed by atoms with Crippen LogP contribution in [0.25, 0.3) is 0 Å². The normalized spacial score (nSPS) is 42.1. The van der Waals surface area contributed by atoms with Gasteiger partial charge < -0.3 is 10.6 Å². The summed E-state index contributed by atoms with van der Waals surface area (Å²) in [7, 11) is 0. The quantitative estimate of drug-likeness (QED) is 0.847. The molecule has 4 bridgehead atoms. The Morgan fingerprint density at radius 2 is 1.50 bits per heavy atom. The molecule has 0 aromatic rings. The first kappa shape index (κ1) is 16.6. The van der Waals surface area contributed by atoms with Crippen molar-refractivity contribution in [2.24, 2.45) is 34.8 Å². The number of carbonyl (C=O) groups excluding carboxylic acids is 1. The van der Waals surface area contributed by atoms with Gasteiger partial charge in [0.1, 0.15) is 0 Å². The SMILES string of the molecule is CC(N)C1CCN(C(=O)C23CC4CC(CC(C4)C2)C3)CC1.Cl. The minimum Gasteiger partial charge on any atom is -0.342 e. The van der Waals surface area contributed by atoms with Crippen LogP contribution in [0.3, 0.4) is 0 Å². The molecule has 1 heterocycles. The van der Waals surface area contributed by atoms with Gasteiger partial charge in [-0.3, -0.25) is 4.79 Å². The third-order valence-corrected chi connectivity index (χ3v) is 7.06. The van der Waals surface area contributed by atoms with Gasteiger partial charge in [-0.05, 0) is 82.0 Å². The van der Waals surface area contributed by atoms with Gasteiger partial charge in [-0.25, -0.2) is 0 Å². The zero-order chi connectivity index (χ0) is 14.6. The van der Waals surface area contributed by atoms with Crippen LogP contribution in [0.4, 0.5) is 0 Å². The largest absolute Gasteiger partial charge is 0.342 e. The highest BCUT2D eigenvalue weighted by molar-refractivity contribution is 5.85. The summed E-state index contributed by atoms with van der Waals surface area (Å²) in [6, 6.07) is 0.279. The standard InChI is InChI=1S/C18H30N2O.ClH/c1-12(19)16-2-4-20(5-3-16)17(21)18-9-13-6-14(10-18)8-15(7-13)11-18;/h12-16H,2-11,19H2,1H3;1H. The molecular weight excluding hydrogens is 296 g/mol. The maximum absolute atomic E-state index is 13.2. The highest BCUT2D eigenvalue weighted by Gasteiger charge is 2.55. The first-order valence-electron chi connectivity index (χ1n) is 9.11. The van der Waals surface area contributed by atoms with Crippen LogP contribution in [-0.4, -0.2) is 29.9 Å². The molecule has 1 atom stereocenters. The molecule has 1 unspecified atom stereocenters. The summed E-state index contributed by atoms with van der Waals surface area (Å²) in [5, 5.41) is 0. The Kier molecular flexibility index (Phi) is 4.50. The number of piperidine rings is 1. The number of nitrogens with two attached hydrogens (primary N) is 1. The summed E-state index contributed by atoms with van der Waals surface area (Å²) in [6.45, 7) is 4.01. The molecule has 22 heavy (non-hydrogen) atoms. The van der Waals surface area contributed by atoms with Crippen molar-refractivity contribution >= 4 is 18.3 Å². The fourth-order valence-corrected chi connectivity index (χ4v) is 6.34. The van der Waals surface area contributed by atoms with Gasteiger partial charge in [-0.1, -0.05) is 0 Å². The molecule has 4 aliphatic carbocycles. The molecule has 4 heteroatoms. The number of hydrogen-bond acceptors (Lipinski definition) is 2. The maximum Gasteiger partial charge on any atom is 0.228 e. The summed E-state index contributed by atoms with van der Waals surface area (Å²) >= 11 is 0. The van der Waals surface area contributed by atoms with Crippen LogP contribution in [0.2, 0.25) is 0 Å². The number of likely N-dealkylation sites (tertiary alicyclic amines) is 1. The van der Waals surface area contributed by atoms with E-state index < -0.39 is 0 Å². The number of carbonyl (C=O) groups is 1.